The van der Waals surface area contributed by atoms with Crippen LogP contribution in [-0.4, -0.2) is 46.5 Å². The quantitative estimate of drug-likeness (QED) is 0.338. The van der Waals surface area contributed by atoms with Crippen LogP contribution in [0.1, 0.15) is 44.3 Å². The molecule has 2 aliphatic rings. The fourth-order valence-corrected chi connectivity index (χ4v) is 5.30. The van der Waals surface area contributed by atoms with Gasteiger partial charge >= 0.3 is 12.0 Å². The standard InChI is InChI=1S/C20H23N5O5S2/c1-4-29-17(27)15-13(21-18(28)22-16(15)14-8-5-10(2)30-14)9-31-20-24-23-19(32-20)25(11(3)26)12-6-7-12/h5,8,12,16H,4,6-7,9H2,1-3H3,(H2,21,22,28). The molecule has 0 radical (unpaired) electrons. The Hall–Kier alpha value is -2.86. The van der Waals surface area contributed by atoms with Crippen molar-refractivity contribution < 1.29 is 23.5 Å². The summed E-state index contributed by atoms with van der Waals surface area (Å²) in [6.45, 7) is 5.22. The Bertz CT molecular complexity index is 1070. The number of nitrogens with one attached hydrogen (secondary N) is 2. The predicted molar refractivity (Wildman–Crippen MR) is 118 cm³/mol. The van der Waals surface area contributed by atoms with E-state index in [4.69, 9.17) is 9.15 Å². The van der Waals surface area contributed by atoms with Gasteiger partial charge in [-0.1, -0.05) is 23.1 Å². The van der Waals surface area contributed by atoms with E-state index in [9.17, 15) is 14.4 Å². The average molecular weight is 478 g/mol. The predicted octanol–water partition coefficient (Wildman–Crippen LogP) is 2.92. The SMILES string of the molecule is CCOC(=O)C1=C(CSc2nnc(N(C(C)=O)C3CC3)s2)NC(=O)NC1c1ccc(C)o1. The molecule has 32 heavy (non-hydrogen) atoms. The van der Waals surface area contributed by atoms with Gasteiger partial charge in [-0.2, -0.15) is 0 Å². The van der Waals surface area contributed by atoms with Crippen LogP contribution < -0.4 is 15.5 Å². The lowest BCUT2D eigenvalue weighted by molar-refractivity contribution is -0.139. The minimum Gasteiger partial charge on any atom is -0.464 e. The van der Waals surface area contributed by atoms with E-state index >= 15 is 0 Å². The molecule has 0 spiro atoms. The number of hydrogen-bond donors (Lipinski definition) is 2. The van der Waals surface area contributed by atoms with Crippen molar-refractivity contribution in [2.75, 3.05) is 17.3 Å². The first-order valence-corrected chi connectivity index (χ1v) is 12.0. The second kappa shape index (κ2) is 9.33. The van der Waals surface area contributed by atoms with Gasteiger partial charge in [0.05, 0.1) is 12.2 Å². The number of amides is 3. The fourth-order valence-electron chi connectivity index (χ4n) is 3.38. The third-order valence-corrected chi connectivity index (χ3v) is 6.97. The first kappa shape index (κ1) is 22.3. The molecule has 2 aromatic rings. The molecular weight excluding hydrogens is 454 g/mol. The lowest BCUT2D eigenvalue weighted by Crippen LogP contribution is -2.46. The maximum absolute atomic E-state index is 12.8. The lowest BCUT2D eigenvalue weighted by Gasteiger charge is -2.27. The molecule has 0 bridgehead atoms. The van der Waals surface area contributed by atoms with Crippen molar-refractivity contribution in [2.24, 2.45) is 0 Å². The first-order valence-electron chi connectivity index (χ1n) is 10.2. The molecule has 1 fully saturated rings. The minimum absolute atomic E-state index is 0.0605. The largest absolute Gasteiger partial charge is 0.464 e. The molecule has 3 amide bonds. The highest BCUT2D eigenvalue weighted by Crippen LogP contribution is 2.37. The molecule has 2 N–H and O–H groups in total. The van der Waals surface area contributed by atoms with Gasteiger partial charge in [-0.15, -0.1) is 10.2 Å². The van der Waals surface area contributed by atoms with Crippen LogP contribution in [0.15, 0.2) is 32.2 Å². The summed E-state index contributed by atoms with van der Waals surface area (Å²) < 4.78 is 11.5. The number of anilines is 1. The number of ether oxygens (including phenoxy) is 1. The van der Waals surface area contributed by atoms with E-state index in [1.54, 1.807) is 30.9 Å². The van der Waals surface area contributed by atoms with E-state index in [2.05, 4.69) is 20.8 Å². The van der Waals surface area contributed by atoms with Crippen molar-refractivity contribution in [3.05, 3.63) is 34.9 Å². The number of hydrogen-bond acceptors (Lipinski definition) is 9. The highest BCUT2D eigenvalue weighted by Gasteiger charge is 2.36. The zero-order valence-corrected chi connectivity index (χ0v) is 19.5. The average Bonchev–Trinajstić information content (AvgIpc) is 3.28. The van der Waals surface area contributed by atoms with Crippen LogP contribution in [0.2, 0.25) is 0 Å². The topological polar surface area (TPSA) is 127 Å². The maximum atomic E-state index is 12.8. The lowest BCUT2D eigenvalue weighted by atomic mass is 10.0. The van der Waals surface area contributed by atoms with E-state index in [-0.39, 0.29) is 29.9 Å². The van der Waals surface area contributed by atoms with Gasteiger partial charge in [0.2, 0.25) is 11.0 Å². The van der Waals surface area contributed by atoms with Crippen LogP contribution in [0.5, 0.6) is 0 Å². The van der Waals surface area contributed by atoms with Gasteiger partial charge in [0.15, 0.2) is 4.34 Å². The van der Waals surface area contributed by atoms with Gasteiger partial charge in [-0.25, -0.2) is 9.59 Å². The van der Waals surface area contributed by atoms with Crippen LogP contribution in [0.4, 0.5) is 9.93 Å². The number of esters is 1. The molecule has 3 heterocycles. The Kier molecular flexibility index (Phi) is 6.51. The summed E-state index contributed by atoms with van der Waals surface area (Å²) in [6, 6.07) is 2.48. The molecule has 4 rings (SSSR count). The minimum atomic E-state index is -0.764. The Balaban J connectivity index is 1.58. The zero-order valence-electron chi connectivity index (χ0n) is 17.8. The molecule has 2 aromatic heterocycles. The Labute approximate surface area is 192 Å². The number of urea groups is 1. The zero-order chi connectivity index (χ0) is 22.8. The molecule has 1 saturated carbocycles. The molecule has 0 aromatic carbocycles. The van der Waals surface area contributed by atoms with Crippen LogP contribution in [0, 0.1) is 6.92 Å². The molecule has 12 heteroatoms. The highest BCUT2D eigenvalue weighted by atomic mass is 32.2. The summed E-state index contributed by atoms with van der Waals surface area (Å²) in [5, 5.41) is 14.3. The first-order chi connectivity index (χ1) is 15.4. The fraction of sp³-hybridized carbons (Fsp3) is 0.450. The van der Waals surface area contributed by atoms with E-state index in [0.717, 1.165) is 12.8 Å². The molecule has 1 unspecified atom stereocenters. The molecular formula is C20H23N5O5S2. The van der Waals surface area contributed by atoms with Crippen LogP contribution in [0.25, 0.3) is 0 Å². The number of aromatic nitrogens is 2. The third kappa shape index (κ3) is 4.80. The normalized spacial score (nSPS) is 18.2. The van der Waals surface area contributed by atoms with Crippen molar-refractivity contribution in [3.63, 3.8) is 0 Å². The summed E-state index contributed by atoms with van der Waals surface area (Å²) in [4.78, 5) is 38.7. The molecule has 1 aliphatic carbocycles. The van der Waals surface area contributed by atoms with Crippen LogP contribution in [-0.2, 0) is 14.3 Å². The number of aryl methyl sites for hydroxylation is 1. The molecule has 1 atom stereocenters. The Morgan fingerprint density at radius 3 is 2.75 bits per heavy atom. The molecule has 170 valence electrons. The molecule has 0 saturated heterocycles. The summed E-state index contributed by atoms with van der Waals surface area (Å²) in [5.74, 6) is 0.774. The second-order valence-corrected chi connectivity index (χ2v) is 9.53. The van der Waals surface area contributed by atoms with Crippen molar-refractivity contribution in [1.82, 2.24) is 20.8 Å². The summed E-state index contributed by atoms with van der Waals surface area (Å²) in [6.07, 6.45) is 1.92. The summed E-state index contributed by atoms with van der Waals surface area (Å²) >= 11 is 2.63. The van der Waals surface area contributed by atoms with E-state index in [0.29, 0.717) is 26.7 Å². The van der Waals surface area contributed by atoms with Gasteiger partial charge < -0.3 is 19.8 Å². The van der Waals surface area contributed by atoms with Crippen molar-refractivity contribution >= 4 is 46.1 Å². The van der Waals surface area contributed by atoms with Gasteiger partial charge in [-0.3, -0.25) is 9.69 Å². The number of carbonyl (C=O) groups excluding carboxylic acids is 3. The Morgan fingerprint density at radius 2 is 2.12 bits per heavy atom. The van der Waals surface area contributed by atoms with E-state index < -0.39 is 18.0 Å². The van der Waals surface area contributed by atoms with E-state index in [1.807, 2.05) is 0 Å². The van der Waals surface area contributed by atoms with Gasteiger partial charge in [0.25, 0.3) is 0 Å². The summed E-state index contributed by atoms with van der Waals surface area (Å²) in [7, 11) is 0. The number of carbonyl (C=O) groups is 3. The van der Waals surface area contributed by atoms with Crippen molar-refractivity contribution in [3.8, 4) is 0 Å². The van der Waals surface area contributed by atoms with Crippen molar-refractivity contribution in [2.45, 2.75) is 50.0 Å². The molecule has 10 nitrogen and oxygen atoms in total. The smallest absolute Gasteiger partial charge is 0.338 e. The Morgan fingerprint density at radius 1 is 1.34 bits per heavy atom. The third-order valence-electron chi connectivity index (χ3n) is 4.89. The number of nitrogens with zero attached hydrogens (tertiary/aromatic N) is 3. The monoisotopic (exact) mass is 477 g/mol. The summed E-state index contributed by atoms with van der Waals surface area (Å²) in [5.41, 5.74) is 0.694. The van der Waals surface area contributed by atoms with Crippen molar-refractivity contribution in [1.29, 1.82) is 0 Å². The maximum Gasteiger partial charge on any atom is 0.338 e. The highest BCUT2D eigenvalue weighted by molar-refractivity contribution is 8.01. The van der Waals surface area contributed by atoms with Gasteiger partial charge in [0, 0.05) is 24.4 Å². The van der Waals surface area contributed by atoms with Gasteiger partial charge in [0.1, 0.15) is 17.6 Å². The van der Waals surface area contributed by atoms with Gasteiger partial charge in [-0.05, 0) is 38.8 Å². The van der Waals surface area contributed by atoms with Crippen LogP contribution in [0.3, 0.4) is 0 Å². The number of rotatable bonds is 8. The number of thioether (sulfide) groups is 1. The molecule has 1 aliphatic heterocycles. The number of furan rings is 1. The van der Waals surface area contributed by atoms with E-state index in [1.165, 1.54) is 30.0 Å². The van der Waals surface area contributed by atoms with Crippen LogP contribution >= 0.6 is 23.1 Å². The second-order valence-electron chi connectivity index (χ2n) is 7.35.